The van der Waals surface area contributed by atoms with E-state index >= 15 is 0 Å². The van der Waals surface area contributed by atoms with E-state index in [4.69, 9.17) is 9.47 Å². The molecule has 0 spiro atoms. The van der Waals surface area contributed by atoms with Crippen molar-refractivity contribution in [2.24, 2.45) is 10.8 Å². The van der Waals surface area contributed by atoms with E-state index in [1.165, 1.54) is 0 Å². The third kappa shape index (κ3) is 5.96. The van der Waals surface area contributed by atoms with Crippen molar-refractivity contribution < 1.29 is 19.1 Å². The highest BCUT2D eigenvalue weighted by molar-refractivity contribution is 5.90. The third-order valence-electron chi connectivity index (χ3n) is 4.60. The number of carbonyl (C=O) groups is 2. The summed E-state index contributed by atoms with van der Waals surface area (Å²) in [6.45, 7) is 22.4. The van der Waals surface area contributed by atoms with E-state index < -0.39 is 34.2 Å². The second-order valence-electron chi connectivity index (χ2n) is 9.75. The van der Waals surface area contributed by atoms with Gasteiger partial charge in [-0.05, 0) is 48.5 Å². The van der Waals surface area contributed by atoms with E-state index in [1.807, 2.05) is 69.2 Å². The van der Waals surface area contributed by atoms with E-state index in [2.05, 4.69) is 0 Å². The van der Waals surface area contributed by atoms with E-state index in [1.54, 1.807) is 13.8 Å². The molecule has 2 unspecified atom stereocenters. The summed E-state index contributed by atoms with van der Waals surface area (Å²) < 4.78 is 11.9. The quantitative estimate of drug-likeness (QED) is 0.679. The highest BCUT2D eigenvalue weighted by Crippen LogP contribution is 2.38. The second kappa shape index (κ2) is 7.25. The fourth-order valence-electron chi connectivity index (χ4n) is 2.64. The predicted molar refractivity (Wildman–Crippen MR) is 98.2 cm³/mol. The molecule has 0 amide bonds. The molecule has 0 fully saturated rings. The molecule has 0 saturated heterocycles. The van der Waals surface area contributed by atoms with Crippen LogP contribution in [0.15, 0.2) is 0 Å². The Morgan fingerprint density at radius 1 is 0.667 bits per heavy atom. The lowest BCUT2D eigenvalue weighted by Crippen LogP contribution is -2.53. The Hall–Kier alpha value is -0.740. The lowest BCUT2D eigenvalue weighted by molar-refractivity contribution is -0.178. The Kier molecular flexibility index (Phi) is 7.02. The molecule has 0 aliphatic heterocycles. The minimum Gasteiger partial charge on any atom is -0.365 e. The molecule has 0 aliphatic rings. The van der Waals surface area contributed by atoms with E-state index in [0.717, 1.165) is 0 Å². The number of hydrogen-bond acceptors (Lipinski definition) is 4. The Morgan fingerprint density at radius 2 is 1.04 bits per heavy atom. The van der Waals surface area contributed by atoms with Gasteiger partial charge < -0.3 is 9.47 Å². The molecule has 0 rings (SSSR count). The van der Waals surface area contributed by atoms with Crippen molar-refractivity contribution in [1.82, 2.24) is 0 Å². The largest absolute Gasteiger partial charge is 0.365 e. The van der Waals surface area contributed by atoms with Gasteiger partial charge in [0, 0.05) is 5.41 Å². The maximum atomic E-state index is 12.9. The Morgan fingerprint density at radius 3 is 1.38 bits per heavy atom. The molecule has 0 bridgehead atoms. The van der Waals surface area contributed by atoms with Crippen LogP contribution in [0.4, 0.5) is 0 Å². The van der Waals surface area contributed by atoms with Gasteiger partial charge in [-0.3, -0.25) is 9.59 Å². The topological polar surface area (TPSA) is 52.6 Å². The lowest BCUT2D eigenvalue weighted by Gasteiger charge is -2.43. The number of ether oxygens (including phenoxy) is 2. The zero-order chi connectivity index (χ0) is 19.7. The molecular weight excluding hydrogens is 304 g/mol. The van der Waals surface area contributed by atoms with Crippen LogP contribution in [-0.4, -0.2) is 35.0 Å². The Balaban J connectivity index is 5.30. The van der Waals surface area contributed by atoms with Crippen molar-refractivity contribution in [1.29, 1.82) is 0 Å². The van der Waals surface area contributed by atoms with Gasteiger partial charge in [0.1, 0.15) is 12.2 Å². The fraction of sp³-hybridized carbons (Fsp3) is 0.900. The normalized spacial score (nSPS) is 16.7. The molecule has 0 aromatic carbocycles. The first-order valence-electron chi connectivity index (χ1n) is 8.77. The summed E-state index contributed by atoms with van der Waals surface area (Å²) in [5, 5.41) is 0. The highest BCUT2D eigenvalue weighted by atomic mass is 16.5. The van der Waals surface area contributed by atoms with Crippen LogP contribution >= 0.6 is 0 Å². The monoisotopic (exact) mass is 342 g/mol. The summed E-state index contributed by atoms with van der Waals surface area (Å²) in [7, 11) is 0. The summed E-state index contributed by atoms with van der Waals surface area (Å²) in [4.78, 5) is 25.4. The molecule has 0 heterocycles. The standard InChI is InChI=1S/C20H38O4/c1-13(15(21)17(3,4)5)24-20(11,12)19(9,10)16(22)14(2)23-18(6,7)8/h13-14H,1-12H3. The smallest absolute Gasteiger partial charge is 0.169 e. The number of Topliss-reactive ketones (excluding diaryl/α,β-unsaturated/α-hetero) is 2. The molecule has 0 saturated carbocycles. The first-order chi connectivity index (χ1) is 10.3. The third-order valence-corrected chi connectivity index (χ3v) is 4.60. The molecule has 0 aromatic rings. The van der Waals surface area contributed by atoms with Crippen molar-refractivity contribution in [2.75, 3.05) is 0 Å². The average molecular weight is 343 g/mol. The van der Waals surface area contributed by atoms with Gasteiger partial charge in [-0.15, -0.1) is 0 Å². The van der Waals surface area contributed by atoms with Gasteiger partial charge in [0.05, 0.1) is 16.6 Å². The van der Waals surface area contributed by atoms with E-state index in [-0.39, 0.29) is 11.6 Å². The van der Waals surface area contributed by atoms with E-state index in [9.17, 15) is 9.59 Å². The van der Waals surface area contributed by atoms with Crippen molar-refractivity contribution in [3.05, 3.63) is 0 Å². The van der Waals surface area contributed by atoms with Gasteiger partial charge in [0.15, 0.2) is 11.6 Å². The molecule has 4 nitrogen and oxygen atoms in total. The fourth-order valence-corrected chi connectivity index (χ4v) is 2.64. The summed E-state index contributed by atoms with van der Waals surface area (Å²) in [5.74, 6) is -0.00403. The van der Waals surface area contributed by atoms with Gasteiger partial charge in [-0.1, -0.05) is 34.6 Å². The Bertz CT molecular complexity index is 461. The average Bonchev–Trinajstić information content (AvgIpc) is 2.32. The summed E-state index contributed by atoms with van der Waals surface area (Å²) >= 11 is 0. The summed E-state index contributed by atoms with van der Waals surface area (Å²) in [5.41, 5.74) is -2.48. The zero-order valence-corrected chi connectivity index (χ0v) is 17.8. The van der Waals surface area contributed by atoms with Crippen LogP contribution in [0.2, 0.25) is 0 Å². The predicted octanol–water partition coefficient (Wildman–Crippen LogP) is 4.58. The van der Waals surface area contributed by atoms with Crippen molar-refractivity contribution in [3.8, 4) is 0 Å². The zero-order valence-electron chi connectivity index (χ0n) is 17.8. The van der Waals surface area contributed by atoms with Gasteiger partial charge in [0.25, 0.3) is 0 Å². The van der Waals surface area contributed by atoms with Gasteiger partial charge in [-0.25, -0.2) is 0 Å². The van der Waals surface area contributed by atoms with Crippen LogP contribution in [0.5, 0.6) is 0 Å². The van der Waals surface area contributed by atoms with Crippen LogP contribution in [0.25, 0.3) is 0 Å². The minimum atomic E-state index is -0.806. The van der Waals surface area contributed by atoms with Crippen LogP contribution in [0.3, 0.4) is 0 Å². The van der Waals surface area contributed by atoms with Crippen LogP contribution in [0.1, 0.15) is 83.1 Å². The molecule has 0 radical (unpaired) electrons. The molecule has 24 heavy (non-hydrogen) atoms. The van der Waals surface area contributed by atoms with Crippen molar-refractivity contribution in [2.45, 2.75) is 106 Å². The Labute approximate surface area is 148 Å². The highest BCUT2D eigenvalue weighted by Gasteiger charge is 2.48. The molecule has 2 atom stereocenters. The van der Waals surface area contributed by atoms with Gasteiger partial charge in [0.2, 0.25) is 0 Å². The molecular formula is C20H38O4. The second-order valence-corrected chi connectivity index (χ2v) is 9.75. The van der Waals surface area contributed by atoms with E-state index in [0.29, 0.717) is 0 Å². The maximum absolute atomic E-state index is 12.9. The van der Waals surface area contributed by atoms with Crippen molar-refractivity contribution >= 4 is 11.6 Å². The molecule has 0 N–H and O–H groups in total. The molecule has 4 heteroatoms. The SMILES string of the molecule is CC(OC(C)(C)C(C)(C)C(=O)C(C)OC(C)(C)C)C(=O)C(C)(C)C. The first-order valence-corrected chi connectivity index (χ1v) is 8.77. The molecule has 142 valence electrons. The van der Waals surface area contributed by atoms with Crippen LogP contribution in [-0.2, 0) is 19.1 Å². The summed E-state index contributed by atoms with van der Waals surface area (Å²) in [6, 6.07) is 0. The van der Waals surface area contributed by atoms with Crippen LogP contribution < -0.4 is 0 Å². The lowest BCUT2D eigenvalue weighted by atomic mass is 9.72. The number of ketones is 2. The van der Waals surface area contributed by atoms with Crippen molar-refractivity contribution in [3.63, 3.8) is 0 Å². The number of carbonyl (C=O) groups excluding carboxylic acids is 2. The van der Waals surface area contributed by atoms with Gasteiger partial charge in [-0.2, -0.15) is 0 Å². The maximum Gasteiger partial charge on any atom is 0.169 e. The first kappa shape index (κ1) is 23.3. The van der Waals surface area contributed by atoms with Gasteiger partial charge >= 0.3 is 0 Å². The molecule has 0 aliphatic carbocycles. The molecule has 0 aromatic heterocycles. The minimum absolute atomic E-state index is 0.0258. The summed E-state index contributed by atoms with van der Waals surface area (Å²) in [6.07, 6.45) is -1.12. The number of rotatable bonds is 7. The number of hydrogen-bond donors (Lipinski definition) is 0. The van der Waals surface area contributed by atoms with Crippen LogP contribution in [0, 0.1) is 10.8 Å².